The summed E-state index contributed by atoms with van der Waals surface area (Å²) < 4.78 is 39.8. The van der Waals surface area contributed by atoms with Crippen molar-refractivity contribution in [1.29, 1.82) is 0 Å². The highest BCUT2D eigenvalue weighted by Gasteiger charge is 2.29. The highest BCUT2D eigenvalue weighted by atomic mass is 35.5. The summed E-state index contributed by atoms with van der Waals surface area (Å²) in [4.78, 5) is 11.2. The average molecular weight is 322 g/mol. The lowest BCUT2D eigenvalue weighted by atomic mass is 10.1. The van der Waals surface area contributed by atoms with E-state index in [0.29, 0.717) is 19.4 Å². The van der Waals surface area contributed by atoms with Crippen molar-refractivity contribution in [1.82, 2.24) is 10.0 Å². The first-order valence-corrected chi connectivity index (χ1v) is 7.72. The van der Waals surface area contributed by atoms with Crippen LogP contribution in [0.15, 0.2) is 17.0 Å². The Morgan fingerprint density at radius 3 is 2.80 bits per heavy atom. The molecule has 0 spiro atoms. The van der Waals surface area contributed by atoms with Crippen molar-refractivity contribution >= 4 is 33.2 Å². The average Bonchev–Trinajstić information content (AvgIpc) is 2.36. The standard InChI is InChI=1S/C11H13ClFN3O3S/c12-6-4-7(13)8(14)5-10(6)20(18,19)16-9-2-1-3-15-11(9)17/h4-5,9,16H,1-3,14H2,(H,15,17). The number of carbonyl (C=O) groups is 1. The maximum absolute atomic E-state index is 13.2. The molecule has 1 aliphatic heterocycles. The SMILES string of the molecule is Nc1cc(S(=O)(=O)NC2CCCNC2=O)c(Cl)cc1F. The predicted molar refractivity (Wildman–Crippen MR) is 72.2 cm³/mol. The zero-order valence-corrected chi connectivity index (χ0v) is 11.9. The Balaban J connectivity index is 2.31. The van der Waals surface area contributed by atoms with Crippen LogP contribution in [-0.2, 0) is 14.8 Å². The topological polar surface area (TPSA) is 101 Å². The Labute approximate surface area is 120 Å². The molecule has 9 heteroatoms. The molecule has 1 amide bonds. The smallest absolute Gasteiger partial charge is 0.242 e. The zero-order valence-electron chi connectivity index (χ0n) is 10.3. The fraction of sp³-hybridized carbons (Fsp3) is 0.364. The van der Waals surface area contributed by atoms with Gasteiger partial charge in [-0.15, -0.1) is 0 Å². The van der Waals surface area contributed by atoms with E-state index in [2.05, 4.69) is 10.0 Å². The monoisotopic (exact) mass is 321 g/mol. The van der Waals surface area contributed by atoms with Crippen LogP contribution in [0.1, 0.15) is 12.8 Å². The number of nitrogens with two attached hydrogens (primary N) is 1. The molecule has 1 aromatic rings. The first-order valence-electron chi connectivity index (χ1n) is 5.86. The van der Waals surface area contributed by atoms with E-state index in [0.717, 1.165) is 12.1 Å². The molecule has 0 radical (unpaired) electrons. The summed E-state index contributed by atoms with van der Waals surface area (Å²) >= 11 is 5.72. The van der Waals surface area contributed by atoms with Crippen LogP contribution in [0.3, 0.4) is 0 Å². The fourth-order valence-electron chi connectivity index (χ4n) is 1.89. The van der Waals surface area contributed by atoms with Crippen molar-refractivity contribution in [3.63, 3.8) is 0 Å². The molecule has 1 atom stereocenters. The van der Waals surface area contributed by atoms with Gasteiger partial charge in [0.2, 0.25) is 15.9 Å². The van der Waals surface area contributed by atoms with Gasteiger partial charge in [-0.1, -0.05) is 11.6 Å². The molecule has 0 aromatic heterocycles. The number of hydrogen-bond acceptors (Lipinski definition) is 4. The molecule has 1 saturated heterocycles. The van der Waals surface area contributed by atoms with Gasteiger partial charge < -0.3 is 11.1 Å². The minimum atomic E-state index is -4.05. The number of anilines is 1. The van der Waals surface area contributed by atoms with Crippen molar-refractivity contribution in [2.75, 3.05) is 12.3 Å². The lowest BCUT2D eigenvalue weighted by Crippen LogP contribution is -2.50. The van der Waals surface area contributed by atoms with Gasteiger partial charge in [-0.3, -0.25) is 4.79 Å². The zero-order chi connectivity index (χ0) is 14.9. The van der Waals surface area contributed by atoms with E-state index in [1.54, 1.807) is 0 Å². The number of piperidine rings is 1. The maximum atomic E-state index is 13.2. The molecular formula is C11H13ClFN3O3S. The molecule has 1 fully saturated rings. The third-order valence-corrected chi connectivity index (χ3v) is 4.86. The molecule has 1 unspecified atom stereocenters. The lowest BCUT2D eigenvalue weighted by Gasteiger charge is -2.22. The van der Waals surface area contributed by atoms with E-state index >= 15 is 0 Å². The molecule has 2 rings (SSSR count). The molecule has 0 saturated carbocycles. The highest BCUT2D eigenvalue weighted by molar-refractivity contribution is 7.89. The number of carbonyl (C=O) groups excluding carboxylic acids is 1. The van der Waals surface area contributed by atoms with Crippen LogP contribution in [0.5, 0.6) is 0 Å². The molecule has 1 aliphatic rings. The summed E-state index contributed by atoms with van der Waals surface area (Å²) in [6.45, 7) is 0.515. The number of nitrogens with one attached hydrogen (secondary N) is 2. The Kier molecular flexibility index (Phi) is 4.17. The summed E-state index contributed by atoms with van der Waals surface area (Å²) in [7, 11) is -4.05. The van der Waals surface area contributed by atoms with Crippen molar-refractivity contribution in [3.05, 3.63) is 23.0 Å². The van der Waals surface area contributed by atoms with Gasteiger partial charge in [0.1, 0.15) is 16.8 Å². The minimum Gasteiger partial charge on any atom is -0.396 e. The Morgan fingerprint density at radius 2 is 2.15 bits per heavy atom. The second-order valence-electron chi connectivity index (χ2n) is 4.41. The molecule has 1 aromatic carbocycles. The summed E-state index contributed by atoms with van der Waals surface area (Å²) in [5.74, 6) is -1.20. The lowest BCUT2D eigenvalue weighted by molar-refractivity contribution is -0.124. The van der Waals surface area contributed by atoms with E-state index in [1.807, 2.05) is 0 Å². The molecule has 0 bridgehead atoms. The van der Waals surface area contributed by atoms with Crippen LogP contribution in [0.2, 0.25) is 5.02 Å². The van der Waals surface area contributed by atoms with E-state index < -0.39 is 27.8 Å². The molecule has 1 heterocycles. The summed E-state index contributed by atoms with van der Waals surface area (Å²) in [6, 6.07) is 0.892. The number of amides is 1. The quantitative estimate of drug-likeness (QED) is 0.710. The Morgan fingerprint density at radius 1 is 1.45 bits per heavy atom. The number of nitrogen functional groups attached to an aromatic ring is 1. The van der Waals surface area contributed by atoms with Gasteiger partial charge in [0, 0.05) is 6.54 Å². The molecule has 20 heavy (non-hydrogen) atoms. The van der Waals surface area contributed by atoms with E-state index in [9.17, 15) is 17.6 Å². The van der Waals surface area contributed by atoms with Gasteiger partial charge in [0.25, 0.3) is 0 Å². The summed E-state index contributed by atoms with van der Waals surface area (Å²) in [6.07, 6.45) is 1.05. The first-order chi connectivity index (χ1) is 9.31. The van der Waals surface area contributed by atoms with Gasteiger partial charge in [-0.25, -0.2) is 12.8 Å². The van der Waals surface area contributed by atoms with Crippen molar-refractivity contribution in [3.8, 4) is 0 Å². The van der Waals surface area contributed by atoms with Crippen molar-refractivity contribution in [2.45, 2.75) is 23.8 Å². The third-order valence-electron chi connectivity index (χ3n) is 2.92. The van der Waals surface area contributed by atoms with Gasteiger partial charge in [-0.2, -0.15) is 4.72 Å². The normalized spacial score (nSPS) is 19.7. The van der Waals surface area contributed by atoms with Gasteiger partial charge in [0.05, 0.1) is 10.7 Å². The van der Waals surface area contributed by atoms with E-state index in [1.165, 1.54) is 0 Å². The van der Waals surface area contributed by atoms with Crippen molar-refractivity contribution in [2.24, 2.45) is 0 Å². The second-order valence-corrected chi connectivity index (χ2v) is 6.50. The van der Waals surface area contributed by atoms with E-state index in [4.69, 9.17) is 17.3 Å². The van der Waals surface area contributed by atoms with Crippen LogP contribution in [0.4, 0.5) is 10.1 Å². The largest absolute Gasteiger partial charge is 0.396 e. The van der Waals surface area contributed by atoms with Crippen LogP contribution < -0.4 is 15.8 Å². The number of sulfonamides is 1. The fourth-order valence-corrected chi connectivity index (χ4v) is 3.67. The number of halogens is 2. The second kappa shape index (κ2) is 5.55. The molecule has 0 aliphatic carbocycles. The van der Waals surface area contributed by atoms with Gasteiger partial charge in [-0.05, 0) is 25.0 Å². The first kappa shape index (κ1) is 15.0. The Bertz CT molecular complexity index is 651. The van der Waals surface area contributed by atoms with Gasteiger partial charge >= 0.3 is 0 Å². The predicted octanol–water partition coefficient (Wildman–Crippen LogP) is 0.618. The van der Waals surface area contributed by atoms with Crippen molar-refractivity contribution < 1.29 is 17.6 Å². The number of hydrogen-bond donors (Lipinski definition) is 3. The molecule has 4 N–H and O–H groups in total. The summed E-state index contributed by atoms with van der Waals surface area (Å²) in [5, 5.41) is 2.27. The van der Waals surface area contributed by atoms with E-state index in [-0.39, 0.29) is 15.6 Å². The minimum absolute atomic E-state index is 0.291. The van der Waals surface area contributed by atoms with Gasteiger partial charge in [0.15, 0.2) is 0 Å². The van der Waals surface area contributed by atoms with Crippen LogP contribution in [-0.4, -0.2) is 26.9 Å². The molecular weight excluding hydrogens is 309 g/mol. The number of benzene rings is 1. The van der Waals surface area contributed by atoms with Crippen LogP contribution >= 0.6 is 11.6 Å². The molecule has 6 nitrogen and oxygen atoms in total. The summed E-state index contributed by atoms with van der Waals surface area (Å²) in [5.41, 5.74) is 5.01. The Hall–Kier alpha value is -1.38. The van der Waals surface area contributed by atoms with Crippen LogP contribution in [0.25, 0.3) is 0 Å². The number of rotatable bonds is 3. The molecule has 110 valence electrons. The highest BCUT2D eigenvalue weighted by Crippen LogP contribution is 2.26. The maximum Gasteiger partial charge on any atom is 0.242 e. The van der Waals surface area contributed by atoms with Crippen LogP contribution in [0, 0.1) is 5.82 Å². The third kappa shape index (κ3) is 3.02.